The highest BCUT2D eigenvalue weighted by molar-refractivity contribution is 6.44. The van der Waals surface area contributed by atoms with E-state index in [4.69, 9.17) is 27.9 Å². The lowest BCUT2D eigenvalue weighted by molar-refractivity contribution is 0.0374. The number of ether oxygens (including phenoxy) is 1. The molecule has 2 aliphatic rings. The van der Waals surface area contributed by atoms with E-state index in [0.29, 0.717) is 35.1 Å². The van der Waals surface area contributed by atoms with Gasteiger partial charge in [-0.1, -0.05) is 53.5 Å². The average molecular weight is 583 g/mol. The molecule has 210 valence electrons. The molecular weight excluding hydrogens is 549 g/mol. The number of anilines is 3. The predicted octanol–water partition coefficient (Wildman–Crippen LogP) is 5.65. The first-order valence-electron chi connectivity index (χ1n) is 13.5. The van der Waals surface area contributed by atoms with Crippen LogP contribution < -0.4 is 20.9 Å². The molecule has 0 bridgehead atoms. The van der Waals surface area contributed by atoms with Crippen molar-refractivity contribution in [3.05, 3.63) is 87.4 Å². The fraction of sp³-hybridized carbons (Fsp3) is 0.333. The zero-order valence-electron chi connectivity index (χ0n) is 22.2. The van der Waals surface area contributed by atoms with E-state index in [1.54, 1.807) is 24.3 Å². The highest BCUT2D eigenvalue weighted by atomic mass is 35.5. The molecule has 3 N–H and O–H groups in total. The predicted molar refractivity (Wildman–Crippen MR) is 161 cm³/mol. The number of carbonyl (C=O) groups is 2. The van der Waals surface area contributed by atoms with Gasteiger partial charge >= 0.3 is 6.03 Å². The van der Waals surface area contributed by atoms with Crippen molar-refractivity contribution >= 4 is 52.2 Å². The van der Waals surface area contributed by atoms with Gasteiger partial charge in [-0.25, -0.2) is 4.79 Å². The van der Waals surface area contributed by atoms with Gasteiger partial charge < -0.3 is 25.6 Å². The Labute approximate surface area is 244 Å². The van der Waals surface area contributed by atoms with Crippen molar-refractivity contribution in [2.75, 3.05) is 61.5 Å². The fourth-order valence-electron chi connectivity index (χ4n) is 5.08. The summed E-state index contributed by atoms with van der Waals surface area (Å²) in [6.45, 7) is 6.34. The molecule has 0 aromatic heterocycles. The first-order valence-corrected chi connectivity index (χ1v) is 14.3. The van der Waals surface area contributed by atoms with Crippen molar-refractivity contribution in [2.24, 2.45) is 0 Å². The molecule has 3 aromatic carbocycles. The number of hydrogen-bond donors (Lipinski definition) is 3. The Bertz CT molecular complexity index is 1360. The topological polar surface area (TPSA) is 85.9 Å². The summed E-state index contributed by atoms with van der Waals surface area (Å²) in [6, 6.07) is 18.4. The lowest BCUT2D eigenvalue weighted by Crippen LogP contribution is -2.38. The second-order valence-electron chi connectivity index (χ2n) is 9.92. The molecule has 1 fully saturated rings. The van der Waals surface area contributed by atoms with Crippen LogP contribution in [0.15, 0.2) is 60.7 Å². The molecule has 2 heterocycles. The van der Waals surface area contributed by atoms with Gasteiger partial charge in [0.1, 0.15) is 0 Å². The maximum Gasteiger partial charge on any atom is 0.323 e. The Morgan fingerprint density at radius 1 is 0.900 bits per heavy atom. The van der Waals surface area contributed by atoms with Crippen LogP contribution in [0.5, 0.6) is 0 Å². The molecule has 0 aliphatic carbocycles. The summed E-state index contributed by atoms with van der Waals surface area (Å²) in [5.74, 6) is -0.169. The number of carbonyl (C=O) groups excluding carboxylic acids is 2. The number of benzene rings is 3. The minimum absolute atomic E-state index is 0.169. The van der Waals surface area contributed by atoms with Crippen molar-refractivity contribution in [3.63, 3.8) is 0 Å². The van der Waals surface area contributed by atoms with E-state index in [-0.39, 0.29) is 10.9 Å². The molecule has 8 nitrogen and oxygen atoms in total. The number of halogens is 2. The van der Waals surface area contributed by atoms with Gasteiger partial charge in [0.05, 0.1) is 34.5 Å². The second kappa shape index (κ2) is 13.4. The smallest absolute Gasteiger partial charge is 0.323 e. The number of hydrogen-bond acceptors (Lipinski definition) is 5. The monoisotopic (exact) mass is 581 g/mol. The molecule has 0 atom stereocenters. The van der Waals surface area contributed by atoms with Crippen molar-refractivity contribution in [1.29, 1.82) is 0 Å². The molecule has 0 radical (unpaired) electrons. The van der Waals surface area contributed by atoms with Gasteiger partial charge in [0.2, 0.25) is 0 Å². The van der Waals surface area contributed by atoms with E-state index >= 15 is 0 Å². The summed E-state index contributed by atoms with van der Waals surface area (Å²) >= 11 is 12.3. The van der Waals surface area contributed by atoms with Gasteiger partial charge in [0, 0.05) is 44.1 Å². The van der Waals surface area contributed by atoms with Crippen LogP contribution in [0, 0.1) is 0 Å². The van der Waals surface area contributed by atoms with Gasteiger partial charge in [0.25, 0.3) is 5.91 Å². The van der Waals surface area contributed by atoms with Crippen LogP contribution in [0.4, 0.5) is 21.9 Å². The SMILES string of the molecule is O=C(Nc1ccc(N2CCc3ccccc3C2)c(C(=O)NCCCN2CCOCC2)c1)Nc1cccc(Cl)c1Cl. The molecule has 40 heavy (non-hydrogen) atoms. The quantitative estimate of drug-likeness (QED) is 0.299. The molecule has 3 aromatic rings. The largest absolute Gasteiger partial charge is 0.379 e. The van der Waals surface area contributed by atoms with Crippen LogP contribution in [0.1, 0.15) is 27.9 Å². The minimum atomic E-state index is -0.485. The van der Waals surface area contributed by atoms with Gasteiger partial charge in [-0.15, -0.1) is 0 Å². The zero-order valence-corrected chi connectivity index (χ0v) is 23.7. The van der Waals surface area contributed by atoms with Gasteiger partial charge in [-0.05, 0) is 60.8 Å². The van der Waals surface area contributed by atoms with Gasteiger partial charge in [-0.3, -0.25) is 9.69 Å². The molecule has 3 amide bonds. The molecular formula is C30H33Cl2N5O3. The highest BCUT2D eigenvalue weighted by Crippen LogP contribution is 2.31. The summed E-state index contributed by atoms with van der Waals surface area (Å²) < 4.78 is 5.41. The number of amides is 3. The standard InChI is InChI=1S/C30H33Cl2N5O3/c31-25-7-3-8-26(28(25)32)35-30(39)34-23-9-10-27(37-14-11-21-5-1-2-6-22(21)20-37)24(19-23)29(38)33-12-4-13-36-15-17-40-18-16-36/h1-3,5-10,19H,4,11-18,20H2,(H,33,38)(H2,34,35,39). The second-order valence-corrected chi connectivity index (χ2v) is 10.7. The molecule has 0 unspecified atom stereocenters. The number of nitrogens with zero attached hydrogens (tertiary/aromatic N) is 2. The number of nitrogens with one attached hydrogen (secondary N) is 3. The van der Waals surface area contributed by atoms with Crippen molar-refractivity contribution < 1.29 is 14.3 Å². The molecule has 2 aliphatic heterocycles. The third-order valence-electron chi connectivity index (χ3n) is 7.21. The number of morpholine rings is 1. The van der Waals surface area contributed by atoms with Crippen LogP contribution >= 0.6 is 23.2 Å². The van der Waals surface area contributed by atoms with E-state index in [9.17, 15) is 9.59 Å². The Balaban J connectivity index is 1.30. The van der Waals surface area contributed by atoms with E-state index in [0.717, 1.165) is 57.9 Å². The maximum atomic E-state index is 13.5. The van der Waals surface area contributed by atoms with Gasteiger partial charge in [0.15, 0.2) is 0 Å². The number of urea groups is 1. The summed E-state index contributed by atoms with van der Waals surface area (Å²) in [4.78, 5) is 30.8. The summed E-state index contributed by atoms with van der Waals surface area (Å²) in [5.41, 5.74) is 4.84. The normalized spacial score (nSPS) is 15.3. The van der Waals surface area contributed by atoms with Crippen molar-refractivity contribution in [1.82, 2.24) is 10.2 Å². The lowest BCUT2D eigenvalue weighted by atomic mass is 9.98. The molecule has 10 heteroatoms. The van der Waals surface area contributed by atoms with Crippen LogP contribution in [0.25, 0.3) is 0 Å². The van der Waals surface area contributed by atoms with E-state index < -0.39 is 6.03 Å². The van der Waals surface area contributed by atoms with Crippen LogP contribution in [0.2, 0.25) is 10.0 Å². The summed E-state index contributed by atoms with van der Waals surface area (Å²) in [5, 5.41) is 9.23. The molecule has 1 saturated heterocycles. The van der Waals surface area contributed by atoms with Gasteiger partial charge in [-0.2, -0.15) is 0 Å². The Morgan fingerprint density at radius 2 is 1.70 bits per heavy atom. The first kappa shape index (κ1) is 28.2. The fourth-order valence-corrected chi connectivity index (χ4v) is 5.43. The van der Waals surface area contributed by atoms with E-state index in [1.807, 2.05) is 18.2 Å². The Kier molecular flexibility index (Phi) is 9.44. The van der Waals surface area contributed by atoms with Crippen molar-refractivity contribution in [3.8, 4) is 0 Å². The minimum Gasteiger partial charge on any atom is -0.379 e. The number of fused-ring (bicyclic) bond motifs is 1. The van der Waals surface area contributed by atoms with Crippen LogP contribution in [-0.2, 0) is 17.7 Å². The molecule has 0 saturated carbocycles. The van der Waals surface area contributed by atoms with Crippen LogP contribution in [0.3, 0.4) is 0 Å². The maximum absolute atomic E-state index is 13.5. The third-order valence-corrected chi connectivity index (χ3v) is 8.03. The number of rotatable bonds is 8. The molecule has 5 rings (SSSR count). The van der Waals surface area contributed by atoms with Crippen LogP contribution in [-0.4, -0.2) is 62.8 Å². The Morgan fingerprint density at radius 3 is 2.52 bits per heavy atom. The Hall–Kier alpha value is -3.30. The van der Waals surface area contributed by atoms with E-state index in [2.05, 4.69) is 43.9 Å². The average Bonchev–Trinajstić information content (AvgIpc) is 2.98. The third kappa shape index (κ3) is 7.06. The van der Waals surface area contributed by atoms with Crippen molar-refractivity contribution in [2.45, 2.75) is 19.4 Å². The van der Waals surface area contributed by atoms with E-state index in [1.165, 1.54) is 11.1 Å². The zero-order chi connectivity index (χ0) is 27.9. The summed E-state index contributed by atoms with van der Waals surface area (Å²) in [7, 11) is 0. The highest BCUT2D eigenvalue weighted by Gasteiger charge is 2.22. The lowest BCUT2D eigenvalue weighted by Gasteiger charge is -2.32. The first-order chi connectivity index (χ1) is 19.5. The summed E-state index contributed by atoms with van der Waals surface area (Å²) in [6.07, 6.45) is 1.75. The molecule has 0 spiro atoms.